The van der Waals surface area contributed by atoms with Gasteiger partial charge in [-0.3, -0.25) is 4.79 Å². The first-order valence-electron chi connectivity index (χ1n) is 8.47. The molecule has 5 nitrogen and oxygen atoms in total. The second-order valence-corrected chi connectivity index (χ2v) is 6.72. The van der Waals surface area contributed by atoms with Gasteiger partial charge in [-0.25, -0.2) is 0 Å². The molecule has 0 aromatic heterocycles. The molecule has 0 radical (unpaired) electrons. The number of benzene rings is 2. The normalized spacial score (nSPS) is 21.4. The number of hydrogen-bond donors (Lipinski definition) is 1. The molecule has 1 atom stereocenters. The number of methoxy groups -OCH3 is 2. The van der Waals surface area contributed by atoms with Gasteiger partial charge in [-0.15, -0.1) is 0 Å². The summed E-state index contributed by atoms with van der Waals surface area (Å²) >= 11 is 0. The zero-order chi connectivity index (χ0) is 17.6. The Kier molecular flexibility index (Phi) is 3.60. The van der Waals surface area contributed by atoms with Gasteiger partial charge in [0.1, 0.15) is 5.66 Å². The summed E-state index contributed by atoms with van der Waals surface area (Å²) in [5.74, 6) is 1.20. The predicted octanol–water partition coefficient (Wildman–Crippen LogP) is 3.09. The topological polar surface area (TPSA) is 50.8 Å². The number of carbonyl (C=O) groups excluding carboxylic acids is 1. The maximum atomic E-state index is 13.1. The van der Waals surface area contributed by atoms with Crippen LogP contribution in [0.3, 0.4) is 0 Å². The Hall–Kier alpha value is -2.69. The minimum absolute atomic E-state index is 0.00841. The maximum Gasteiger partial charge on any atom is 0.257 e. The van der Waals surface area contributed by atoms with Crippen molar-refractivity contribution in [1.29, 1.82) is 0 Å². The molecule has 0 fully saturated rings. The predicted molar refractivity (Wildman–Crippen MR) is 96.5 cm³/mol. The largest absolute Gasteiger partial charge is 0.493 e. The number of nitrogens with one attached hydrogen (secondary N) is 1. The van der Waals surface area contributed by atoms with E-state index in [1.165, 1.54) is 11.1 Å². The number of fused-ring (bicyclic) bond motifs is 2. The van der Waals surface area contributed by atoms with Gasteiger partial charge in [-0.1, -0.05) is 24.3 Å². The van der Waals surface area contributed by atoms with Gasteiger partial charge < -0.3 is 19.7 Å². The highest BCUT2D eigenvalue weighted by Gasteiger charge is 2.45. The van der Waals surface area contributed by atoms with Crippen LogP contribution in [0, 0.1) is 0 Å². The van der Waals surface area contributed by atoms with Gasteiger partial charge in [0.15, 0.2) is 11.5 Å². The van der Waals surface area contributed by atoms with Crippen molar-refractivity contribution in [3.05, 3.63) is 53.1 Å². The number of aryl methyl sites for hydroxylation is 1. The first-order chi connectivity index (χ1) is 12.1. The fraction of sp³-hybridized carbons (Fsp3) is 0.350. The molecule has 0 saturated carbocycles. The molecule has 0 bridgehead atoms. The van der Waals surface area contributed by atoms with Crippen molar-refractivity contribution in [2.45, 2.75) is 24.9 Å². The van der Waals surface area contributed by atoms with E-state index in [-0.39, 0.29) is 5.91 Å². The highest BCUT2D eigenvalue weighted by atomic mass is 16.5. The third-order valence-electron chi connectivity index (χ3n) is 5.48. The molecular formula is C20H22N2O3. The summed E-state index contributed by atoms with van der Waals surface area (Å²) in [6.45, 7) is 0. The Morgan fingerprint density at radius 2 is 1.76 bits per heavy atom. The molecule has 1 unspecified atom stereocenters. The molecule has 1 heterocycles. The lowest BCUT2D eigenvalue weighted by atomic mass is 9.81. The van der Waals surface area contributed by atoms with E-state index in [2.05, 4.69) is 29.6 Å². The standard InChI is InChI=1S/C20H22N2O3/c1-22-19(23)15-10-17(24-2)18(25-3)11-16(15)21-20(22)9-8-13-6-4-5-7-14(13)12-20/h4-7,10-11,21H,8-9,12H2,1-3H3. The average Bonchev–Trinajstić information content (AvgIpc) is 2.65. The molecular weight excluding hydrogens is 316 g/mol. The summed E-state index contributed by atoms with van der Waals surface area (Å²) in [5.41, 5.74) is 3.68. The first kappa shape index (κ1) is 15.8. The van der Waals surface area contributed by atoms with E-state index in [1.54, 1.807) is 20.3 Å². The summed E-state index contributed by atoms with van der Waals surface area (Å²) in [4.78, 5) is 14.9. The quantitative estimate of drug-likeness (QED) is 0.914. The van der Waals surface area contributed by atoms with Gasteiger partial charge in [-0.05, 0) is 30.0 Å². The number of anilines is 1. The molecule has 5 heteroatoms. The third kappa shape index (κ3) is 2.34. The molecule has 1 spiro atoms. The molecule has 2 aliphatic rings. The van der Waals surface area contributed by atoms with E-state index in [4.69, 9.17) is 9.47 Å². The minimum Gasteiger partial charge on any atom is -0.493 e. The highest BCUT2D eigenvalue weighted by Crippen LogP contribution is 2.42. The number of likely N-dealkylation sites (N-methyl/N-ethyl adjacent to an activating group) is 1. The second kappa shape index (κ2) is 5.69. The van der Waals surface area contributed by atoms with Crippen LogP contribution in [0.1, 0.15) is 27.9 Å². The van der Waals surface area contributed by atoms with E-state index in [0.29, 0.717) is 17.1 Å². The SMILES string of the molecule is COc1cc2c(cc1OC)C(=O)N(C)C1(CCc3ccccc3C1)N2. The van der Waals surface area contributed by atoms with Crippen molar-refractivity contribution in [1.82, 2.24) is 4.90 Å². The lowest BCUT2D eigenvalue weighted by Gasteiger charge is -2.49. The average molecular weight is 338 g/mol. The fourth-order valence-electron chi connectivity index (χ4n) is 3.98. The van der Waals surface area contributed by atoms with Crippen molar-refractivity contribution in [2.24, 2.45) is 0 Å². The zero-order valence-electron chi connectivity index (χ0n) is 14.8. The van der Waals surface area contributed by atoms with Crippen molar-refractivity contribution in [3.63, 3.8) is 0 Å². The van der Waals surface area contributed by atoms with Gasteiger partial charge in [0.05, 0.1) is 25.5 Å². The van der Waals surface area contributed by atoms with E-state index in [1.807, 2.05) is 18.0 Å². The van der Waals surface area contributed by atoms with Crippen molar-refractivity contribution in [3.8, 4) is 11.5 Å². The Labute approximate surface area is 147 Å². The first-order valence-corrected chi connectivity index (χ1v) is 8.47. The van der Waals surface area contributed by atoms with E-state index < -0.39 is 5.66 Å². The fourth-order valence-corrected chi connectivity index (χ4v) is 3.98. The lowest BCUT2D eigenvalue weighted by Crippen LogP contribution is -2.60. The van der Waals surface area contributed by atoms with E-state index in [9.17, 15) is 4.79 Å². The summed E-state index contributed by atoms with van der Waals surface area (Å²) in [7, 11) is 5.06. The van der Waals surface area contributed by atoms with Crippen LogP contribution in [0.2, 0.25) is 0 Å². The second-order valence-electron chi connectivity index (χ2n) is 6.72. The van der Waals surface area contributed by atoms with Crippen molar-refractivity contribution in [2.75, 3.05) is 26.6 Å². The van der Waals surface area contributed by atoms with Crippen LogP contribution >= 0.6 is 0 Å². The monoisotopic (exact) mass is 338 g/mol. The van der Waals surface area contributed by atoms with E-state index >= 15 is 0 Å². The van der Waals surface area contributed by atoms with Crippen molar-refractivity contribution < 1.29 is 14.3 Å². The molecule has 0 saturated heterocycles. The molecule has 1 N–H and O–H groups in total. The van der Waals surface area contributed by atoms with Crippen LogP contribution in [0.4, 0.5) is 5.69 Å². The van der Waals surface area contributed by atoms with Crippen molar-refractivity contribution >= 4 is 11.6 Å². The minimum atomic E-state index is -0.405. The maximum absolute atomic E-state index is 13.1. The molecule has 1 aliphatic carbocycles. The molecule has 4 rings (SSSR count). The third-order valence-corrected chi connectivity index (χ3v) is 5.48. The van der Waals surface area contributed by atoms with Gasteiger partial charge in [0.25, 0.3) is 5.91 Å². The Morgan fingerprint density at radius 3 is 2.48 bits per heavy atom. The lowest BCUT2D eigenvalue weighted by molar-refractivity contribution is 0.0557. The van der Waals surface area contributed by atoms with Gasteiger partial charge in [0, 0.05) is 19.5 Å². The summed E-state index contributed by atoms with van der Waals surface area (Å²) in [5, 5.41) is 3.63. The Bertz CT molecular complexity index is 849. The molecule has 25 heavy (non-hydrogen) atoms. The smallest absolute Gasteiger partial charge is 0.257 e. The molecule has 1 aliphatic heterocycles. The number of carbonyl (C=O) groups is 1. The van der Waals surface area contributed by atoms with Crippen LogP contribution in [0.25, 0.3) is 0 Å². The summed E-state index contributed by atoms with van der Waals surface area (Å²) in [6.07, 6.45) is 2.61. The van der Waals surface area contributed by atoms with Crippen LogP contribution in [0.5, 0.6) is 11.5 Å². The number of hydrogen-bond acceptors (Lipinski definition) is 4. The highest BCUT2D eigenvalue weighted by molar-refractivity contribution is 6.03. The molecule has 2 aromatic rings. The van der Waals surface area contributed by atoms with E-state index in [0.717, 1.165) is 24.9 Å². The van der Waals surface area contributed by atoms with Crippen LogP contribution in [-0.2, 0) is 12.8 Å². The molecule has 1 amide bonds. The van der Waals surface area contributed by atoms with Crippen LogP contribution < -0.4 is 14.8 Å². The number of amides is 1. The van der Waals surface area contributed by atoms with Crippen LogP contribution in [-0.4, -0.2) is 37.7 Å². The summed E-state index contributed by atoms with van der Waals surface area (Å²) < 4.78 is 10.8. The number of rotatable bonds is 2. The number of nitrogens with zero attached hydrogens (tertiary/aromatic N) is 1. The van der Waals surface area contributed by atoms with Gasteiger partial charge in [-0.2, -0.15) is 0 Å². The molecule has 2 aromatic carbocycles. The van der Waals surface area contributed by atoms with Crippen LogP contribution in [0.15, 0.2) is 36.4 Å². The Morgan fingerprint density at radius 1 is 1.08 bits per heavy atom. The molecule has 130 valence electrons. The summed E-state index contributed by atoms with van der Waals surface area (Å²) in [6, 6.07) is 12.1. The number of ether oxygens (including phenoxy) is 2. The van der Waals surface area contributed by atoms with Gasteiger partial charge >= 0.3 is 0 Å². The Balaban J connectivity index is 1.78. The van der Waals surface area contributed by atoms with Gasteiger partial charge in [0.2, 0.25) is 0 Å². The zero-order valence-corrected chi connectivity index (χ0v) is 14.8.